The van der Waals surface area contributed by atoms with Crippen molar-refractivity contribution in [1.29, 1.82) is 0 Å². The van der Waals surface area contributed by atoms with E-state index in [0.717, 1.165) is 0 Å². The molecule has 0 saturated heterocycles. The van der Waals surface area contributed by atoms with Crippen molar-refractivity contribution in [3.05, 3.63) is 0 Å². The lowest BCUT2D eigenvalue weighted by Crippen LogP contribution is -1.97. The molecule has 0 unspecified atom stereocenters. The summed E-state index contributed by atoms with van der Waals surface area (Å²) in [5.74, 6) is 0. The monoisotopic (exact) mass is 158 g/mol. The third-order valence-corrected chi connectivity index (χ3v) is 0.333. The van der Waals surface area contributed by atoms with Gasteiger partial charge in [0.15, 0.2) is 0 Å². The van der Waals surface area contributed by atoms with Crippen molar-refractivity contribution >= 4 is 13.7 Å². The molecule has 0 N–H and O–H groups in total. The number of halogens is 3. The normalized spacial score (nSPS) is 6.90. The molecular formula is C3H6BF3O3. The second kappa shape index (κ2) is 8.12. The van der Waals surface area contributed by atoms with E-state index in [1.165, 1.54) is 14.2 Å². The van der Waals surface area contributed by atoms with E-state index < -0.39 is 13.7 Å². The van der Waals surface area contributed by atoms with Crippen LogP contribution in [0.5, 0.6) is 0 Å². The highest BCUT2D eigenvalue weighted by Gasteiger charge is 2.06. The molecule has 0 aromatic carbocycles. The van der Waals surface area contributed by atoms with Crippen molar-refractivity contribution in [2.24, 2.45) is 0 Å². The van der Waals surface area contributed by atoms with Gasteiger partial charge in [-0.3, -0.25) is 12.9 Å². The van der Waals surface area contributed by atoms with Crippen LogP contribution in [-0.2, 0) is 9.47 Å². The van der Waals surface area contributed by atoms with Crippen molar-refractivity contribution in [3.63, 3.8) is 0 Å². The molecular weight excluding hydrogens is 152 g/mol. The molecule has 0 aliphatic rings. The van der Waals surface area contributed by atoms with Gasteiger partial charge in [0.2, 0.25) is 0 Å². The molecule has 7 heteroatoms. The average molecular weight is 158 g/mol. The van der Waals surface area contributed by atoms with Crippen LogP contribution >= 0.6 is 0 Å². The van der Waals surface area contributed by atoms with Crippen LogP contribution in [0.15, 0.2) is 0 Å². The number of hydrogen-bond donors (Lipinski definition) is 0. The quantitative estimate of drug-likeness (QED) is 0.393. The van der Waals surface area contributed by atoms with Crippen LogP contribution in [0.25, 0.3) is 0 Å². The Morgan fingerprint density at radius 2 is 1.40 bits per heavy atom. The molecule has 0 aromatic heterocycles. The highest BCUT2D eigenvalue weighted by atomic mass is 19.4. The van der Waals surface area contributed by atoms with Crippen LogP contribution in [0.2, 0.25) is 0 Å². The van der Waals surface area contributed by atoms with Gasteiger partial charge in [-0.2, -0.15) is 0 Å². The highest BCUT2D eigenvalue weighted by Crippen LogP contribution is 1.80. The standard InChI is InChI=1S/C3H6O3.BF3/c1-5-3(4)6-2;2-1(3)4/h1-2H3;. The summed E-state index contributed by atoms with van der Waals surface area (Å²) in [6.45, 7) is 0. The average Bonchev–Trinajstić information content (AvgIpc) is 1.85. The fourth-order valence-corrected chi connectivity index (χ4v) is 0.0833. The van der Waals surface area contributed by atoms with Gasteiger partial charge in [0.05, 0.1) is 14.2 Å². The summed E-state index contributed by atoms with van der Waals surface area (Å²) in [7, 11) is -1.16. The first-order valence-electron chi connectivity index (χ1n) is 2.08. The lowest BCUT2D eigenvalue weighted by molar-refractivity contribution is 0.0924. The Morgan fingerprint density at radius 3 is 1.40 bits per heavy atom. The topological polar surface area (TPSA) is 35.5 Å². The zero-order valence-electron chi connectivity index (χ0n) is 5.44. The highest BCUT2D eigenvalue weighted by molar-refractivity contribution is 6.33. The molecule has 0 aromatic rings. The summed E-state index contributed by atoms with van der Waals surface area (Å²) in [6.07, 6.45) is -0.657. The Kier molecular flexibility index (Phi) is 9.64. The molecule has 0 fully saturated rings. The molecule has 0 saturated carbocycles. The second-order valence-electron chi connectivity index (χ2n) is 0.906. The van der Waals surface area contributed by atoms with Crippen molar-refractivity contribution in [2.45, 2.75) is 0 Å². The van der Waals surface area contributed by atoms with E-state index in [1.54, 1.807) is 0 Å². The molecule has 0 amide bonds. The third-order valence-electron chi connectivity index (χ3n) is 0.333. The van der Waals surface area contributed by atoms with E-state index in [0.29, 0.717) is 0 Å². The van der Waals surface area contributed by atoms with E-state index in [2.05, 4.69) is 9.47 Å². The van der Waals surface area contributed by atoms with E-state index in [4.69, 9.17) is 0 Å². The Labute approximate surface area is 56.3 Å². The summed E-state index contributed by atoms with van der Waals surface area (Å²) in [5, 5.41) is 0. The number of methoxy groups -OCH3 is 2. The summed E-state index contributed by atoms with van der Waals surface area (Å²) >= 11 is 0. The number of carbonyl (C=O) groups excluding carboxylic acids is 1. The van der Waals surface area contributed by atoms with Gasteiger partial charge < -0.3 is 9.47 Å². The zero-order chi connectivity index (χ0) is 8.57. The predicted molar refractivity (Wildman–Crippen MR) is 28.5 cm³/mol. The maximum absolute atomic E-state index is 9.74. The van der Waals surface area contributed by atoms with Crippen LogP contribution in [0.4, 0.5) is 17.7 Å². The number of hydrogen-bond acceptors (Lipinski definition) is 3. The minimum atomic E-state index is -3.67. The first-order valence-corrected chi connectivity index (χ1v) is 2.08. The Bertz CT molecular complexity index is 80.3. The van der Waals surface area contributed by atoms with Crippen LogP contribution in [0.3, 0.4) is 0 Å². The molecule has 0 aliphatic heterocycles. The molecule has 60 valence electrons. The van der Waals surface area contributed by atoms with Crippen LogP contribution in [-0.4, -0.2) is 27.9 Å². The van der Waals surface area contributed by atoms with E-state index in [1.807, 2.05) is 0 Å². The Balaban J connectivity index is 0. The van der Waals surface area contributed by atoms with Crippen molar-refractivity contribution in [1.82, 2.24) is 0 Å². The third kappa shape index (κ3) is 27.4. The van der Waals surface area contributed by atoms with Crippen LogP contribution in [0, 0.1) is 0 Å². The molecule has 0 aliphatic carbocycles. The summed E-state index contributed by atoms with van der Waals surface area (Å²) in [6, 6.07) is 0. The summed E-state index contributed by atoms with van der Waals surface area (Å²) < 4.78 is 37.1. The van der Waals surface area contributed by atoms with Crippen molar-refractivity contribution in [3.8, 4) is 0 Å². The molecule has 10 heavy (non-hydrogen) atoms. The zero-order valence-corrected chi connectivity index (χ0v) is 5.44. The smallest absolute Gasteiger partial charge is 0.438 e. The first-order chi connectivity index (χ1) is 4.54. The number of carbonyl (C=O) groups is 1. The lowest BCUT2D eigenvalue weighted by atomic mass is 10.5. The van der Waals surface area contributed by atoms with E-state index in [9.17, 15) is 17.7 Å². The van der Waals surface area contributed by atoms with Gasteiger partial charge in [-0.25, -0.2) is 4.79 Å². The van der Waals surface area contributed by atoms with Gasteiger partial charge in [0.25, 0.3) is 0 Å². The molecule has 0 rings (SSSR count). The van der Waals surface area contributed by atoms with E-state index >= 15 is 0 Å². The van der Waals surface area contributed by atoms with Gasteiger partial charge in [-0.05, 0) is 0 Å². The predicted octanol–water partition coefficient (Wildman–Crippen LogP) is 1.28. The van der Waals surface area contributed by atoms with Gasteiger partial charge in [-0.15, -0.1) is 0 Å². The van der Waals surface area contributed by atoms with Crippen molar-refractivity contribution in [2.75, 3.05) is 14.2 Å². The number of ether oxygens (including phenoxy) is 2. The van der Waals surface area contributed by atoms with Crippen molar-refractivity contribution < 1.29 is 27.2 Å². The van der Waals surface area contributed by atoms with Gasteiger partial charge in [0, 0.05) is 0 Å². The fraction of sp³-hybridized carbons (Fsp3) is 0.667. The lowest BCUT2D eigenvalue weighted by Gasteiger charge is -1.89. The SMILES string of the molecule is COC(=O)OC.FB(F)F. The minimum absolute atomic E-state index is 0.657. The summed E-state index contributed by atoms with van der Waals surface area (Å²) in [5.41, 5.74) is 0. The fourth-order valence-electron chi connectivity index (χ4n) is 0.0833. The maximum Gasteiger partial charge on any atom is 0.762 e. The molecule has 0 atom stereocenters. The number of rotatable bonds is 0. The van der Waals surface area contributed by atoms with Gasteiger partial charge in [-0.1, -0.05) is 0 Å². The van der Waals surface area contributed by atoms with Crippen LogP contribution < -0.4 is 0 Å². The molecule has 0 radical (unpaired) electrons. The van der Waals surface area contributed by atoms with E-state index in [-0.39, 0.29) is 0 Å². The Hall–Kier alpha value is -0.875. The molecule has 0 spiro atoms. The van der Waals surface area contributed by atoms with Crippen LogP contribution in [0.1, 0.15) is 0 Å². The molecule has 3 nitrogen and oxygen atoms in total. The first kappa shape index (κ1) is 11.9. The molecule has 0 heterocycles. The van der Waals surface area contributed by atoms with Gasteiger partial charge >= 0.3 is 13.7 Å². The minimum Gasteiger partial charge on any atom is -0.438 e. The molecule has 0 bridgehead atoms. The van der Waals surface area contributed by atoms with Gasteiger partial charge in [0.1, 0.15) is 0 Å². The summed E-state index contributed by atoms with van der Waals surface area (Å²) in [4.78, 5) is 9.74. The maximum atomic E-state index is 9.74. The second-order valence-corrected chi connectivity index (χ2v) is 0.906. The Morgan fingerprint density at radius 1 is 1.20 bits per heavy atom. The largest absolute Gasteiger partial charge is 0.762 e.